The molecule has 1 aliphatic heterocycles. The molecule has 0 aliphatic carbocycles. The second-order valence-electron chi connectivity index (χ2n) is 5.20. The predicted molar refractivity (Wildman–Crippen MR) is 73.1 cm³/mol. The number of rotatable bonds is 8. The number of nitrogens with two attached hydrogens (primary N) is 1. The monoisotopic (exact) mass is 242 g/mol. The summed E-state index contributed by atoms with van der Waals surface area (Å²) >= 11 is 0. The van der Waals surface area contributed by atoms with Gasteiger partial charge in [-0.25, -0.2) is 0 Å². The van der Waals surface area contributed by atoms with Gasteiger partial charge in [0.25, 0.3) is 0 Å². The lowest BCUT2D eigenvalue weighted by molar-refractivity contribution is 0.110. The molecule has 1 heterocycles. The van der Waals surface area contributed by atoms with Crippen LogP contribution in [0.5, 0.6) is 0 Å². The fourth-order valence-electron chi connectivity index (χ4n) is 2.87. The van der Waals surface area contributed by atoms with E-state index in [4.69, 9.17) is 10.5 Å². The first-order chi connectivity index (χ1) is 8.26. The minimum atomic E-state index is 0.517. The lowest BCUT2D eigenvalue weighted by atomic mass is 9.95. The molecule has 1 fully saturated rings. The van der Waals surface area contributed by atoms with Crippen LogP contribution in [0.15, 0.2) is 0 Å². The summed E-state index contributed by atoms with van der Waals surface area (Å²) in [5.41, 5.74) is 5.99. The third kappa shape index (κ3) is 4.23. The Balaban J connectivity index is 2.55. The van der Waals surface area contributed by atoms with Crippen LogP contribution in [0.3, 0.4) is 0 Å². The van der Waals surface area contributed by atoms with Crippen molar-refractivity contribution in [3.63, 3.8) is 0 Å². The standard InChI is InChI=1S/C14H30N2O/c1-4-12(5-2)10-16(6-3)14(9-15)13-7-8-17-11-13/h12-14H,4-11,15H2,1-3H3. The van der Waals surface area contributed by atoms with E-state index in [1.165, 1.54) is 25.8 Å². The maximum atomic E-state index is 5.99. The van der Waals surface area contributed by atoms with E-state index < -0.39 is 0 Å². The number of nitrogens with zero attached hydrogens (tertiary/aromatic N) is 1. The molecule has 3 nitrogen and oxygen atoms in total. The molecule has 17 heavy (non-hydrogen) atoms. The van der Waals surface area contributed by atoms with Gasteiger partial charge in [0.15, 0.2) is 0 Å². The van der Waals surface area contributed by atoms with Gasteiger partial charge in [0.05, 0.1) is 6.61 Å². The molecule has 0 aromatic heterocycles. The second-order valence-corrected chi connectivity index (χ2v) is 5.20. The van der Waals surface area contributed by atoms with Crippen LogP contribution in [-0.4, -0.2) is 43.8 Å². The predicted octanol–water partition coefficient (Wildman–Crippen LogP) is 2.11. The molecule has 2 N–H and O–H groups in total. The average molecular weight is 242 g/mol. The van der Waals surface area contributed by atoms with Gasteiger partial charge in [0, 0.05) is 31.7 Å². The zero-order chi connectivity index (χ0) is 12.7. The Hall–Kier alpha value is -0.120. The zero-order valence-corrected chi connectivity index (χ0v) is 11.8. The highest BCUT2D eigenvalue weighted by Crippen LogP contribution is 2.22. The quantitative estimate of drug-likeness (QED) is 0.708. The molecule has 2 unspecified atom stereocenters. The molecule has 0 bridgehead atoms. The highest BCUT2D eigenvalue weighted by Gasteiger charge is 2.29. The number of hydrogen-bond acceptors (Lipinski definition) is 3. The van der Waals surface area contributed by atoms with E-state index in [-0.39, 0.29) is 0 Å². The van der Waals surface area contributed by atoms with Gasteiger partial charge in [-0.1, -0.05) is 33.6 Å². The molecule has 0 aromatic rings. The van der Waals surface area contributed by atoms with Gasteiger partial charge < -0.3 is 10.5 Å². The van der Waals surface area contributed by atoms with Crippen LogP contribution < -0.4 is 5.73 Å². The van der Waals surface area contributed by atoms with E-state index in [1.807, 2.05) is 0 Å². The van der Waals surface area contributed by atoms with Crippen molar-refractivity contribution in [2.45, 2.75) is 46.1 Å². The third-order valence-electron chi connectivity index (χ3n) is 4.27. The molecular formula is C14H30N2O. The summed E-state index contributed by atoms with van der Waals surface area (Å²) < 4.78 is 5.51. The van der Waals surface area contributed by atoms with E-state index in [9.17, 15) is 0 Å². The SMILES string of the molecule is CCC(CC)CN(CC)C(CN)C1CCOC1. The zero-order valence-electron chi connectivity index (χ0n) is 11.8. The molecule has 102 valence electrons. The third-order valence-corrected chi connectivity index (χ3v) is 4.27. The Morgan fingerprint density at radius 3 is 2.41 bits per heavy atom. The van der Waals surface area contributed by atoms with Gasteiger partial charge in [0.1, 0.15) is 0 Å². The number of ether oxygens (including phenoxy) is 1. The minimum absolute atomic E-state index is 0.517. The van der Waals surface area contributed by atoms with Crippen LogP contribution in [0.1, 0.15) is 40.0 Å². The van der Waals surface area contributed by atoms with Crippen molar-refractivity contribution in [3.05, 3.63) is 0 Å². The first-order valence-corrected chi connectivity index (χ1v) is 7.28. The van der Waals surface area contributed by atoms with Gasteiger partial charge in [-0.15, -0.1) is 0 Å². The molecular weight excluding hydrogens is 212 g/mol. The van der Waals surface area contributed by atoms with Crippen LogP contribution >= 0.6 is 0 Å². The van der Waals surface area contributed by atoms with Crippen molar-refractivity contribution in [2.75, 3.05) is 32.8 Å². The average Bonchev–Trinajstić information content (AvgIpc) is 2.88. The minimum Gasteiger partial charge on any atom is -0.381 e. The number of likely N-dealkylation sites (N-methyl/N-ethyl adjacent to an activating group) is 1. The lowest BCUT2D eigenvalue weighted by Gasteiger charge is -2.35. The summed E-state index contributed by atoms with van der Waals surface area (Å²) in [5, 5.41) is 0. The first-order valence-electron chi connectivity index (χ1n) is 7.28. The highest BCUT2D eigenvalue weighted by atomic mass is 16.5. The topological polar surface area (TPSA) is 38.5 Å². The van der Waals surface area contributed by atoms with E-state index in [0.29, 0.717) is 12.0 Å². The van der Waals surface area contributed by atoms with Crippen molar-refractivity contribution < 1.29 is 4.74 Å². The highest BCUT2D eigenvalue weighted by molar-refractivity contribution is 4.83. The molecule has 2 atom stereocenters. The van der Waals surface area contributed by atoms with Crippen molar-refractivity contribution in [1.82, 2.24) is 4.90 Å². The summed E-state index contributed by atoms with van der Waals surface area (Å²) in [4.78, 5) is 2.58. The maximum Gasteiger partial charge on any atom is 0.0510 e. The van der Waals surface area contributed by atoms with Crippen LogP contribution in [0.2, 0.25) is 0 Å². The summed E-state index contributed by atoms with van der Waals surface area (Å²) in [5.74, 6) is 1.46. The summed E-state index contributed by atoms with van der Waals surface area (Å²) in [6.45, 7) is 11.7. The van der Waals surface area contributed by atoms with Crippen molar-refractivity contribution in [3.8, 4) is 0 Å². The van der Waals surface area contributed by atoms with Crippen LogP contribution in [0.25, 0.3) is 0 Å². The Morgan fingerprint density at radius 1 is 1.29 bits per heavy atom. The Kier molecular flexibility index (Phi) is 7.09. The molecule has 1 saturated heterocycles. The van der Waals surface area contributed by atoms with E-state index in [0.717, 1.165) is 32.2 Å². The van der Waals surface area contributed by atoms with Gasteiger partial charge in [-0.2, -0.15) is 0 Å². The smallest absolute Gasteiger partial charge is 0.0510 e. The summed E-state index contributed by atoms with van der Waals surface area (Å²) in [6, 6.07) is 0.517. The largest absolute Gasteiger partial charge is 0.381 e. The molecule has 1 rings (SSSR count). The van der Waals surface area contributed by atoms with Crippen molar-refractivity contribution in [1.29, 1.82) is 0 Å². The maximum absolute atomic E-state index is 5.99. The van der Waals surface area contributed by atoms with E-state index >= 15 is 0 Å². The normalized spacial score (nSPS) is 22.6. The van der Waals surface area contributed by atoms with Gasteiger partial charge in [0.2, 0.25) is 0 Å². The van der Waals surface area contributed by atoms with Crippen molar-refractivity contribution >= 4 is 0 Å². The molecule has 0 radical (unpaired) electrons. The van der Waals surface area contributed by atoms with E-state index in [1.54, 1.807) is 0 Å². The fraction of sp³-hybridized carbons (Fsp3) is 1.00. The number of hydrogen-bond donors (Lipinski definition) is 1. The second kappa shape index (κ2) is 8.06. The van der Waals surface area contributed by atoms with Crippen LogP contribution in [-0.2, 0) is 4.74 Å². The van der Waals surface area contributed by atoms with Crippen molar-refractivity contribution in [2.24, 2.45) is 17.6 Å². The molecule has 0 amide bonds. The van der Waals surface area contributed by atoms with Crippen LogP contribution in [0.4, 0.5) is 0 Å². The molecule has 3 heteroatoms. The Bertz CT molecular complexity index is 189. The van der Waals surface area contributed by atoms with E-state index in [2.05, 4.69) is 25.7 Å². The molecule has 0 spiro atoms. The Labute approximate surface area is 107 Å². The molecule has 0 aromatic carbocycles. The van der Waals surface area contributed by atoms with Gasteiger partial charge >= 0.3 is 0 Å². The molecule has 0 saturated carbocycles. The van der Waals surface area contributed by atoms with Gasteiger partial charge in [-0.05, 0) is 18.9 Å². The van der Waals surface area contributed by atoms with Crippen LogP contribution in [0, 0.1) is 11.8 Å². The Morgan fingerprint density at radius 2 is 2.00 bits per heavy atom. The molecule has 1 aliphatic rings. The van der Waals surface area contributed by atoms with Gasteiger partial charge in [-0.3, -0.25) is 4.90 Å². The first kappa shape index (κ1) is 14.9. The summed E-state index contributed by atoms with van der Waals surface area (Å²) in [6.07, 6.45) is 3.72. The lowest BCUT2D eigenvalue weighted by Crippen LogP contribution is -2.47. The fourth-order valence-corrected chi connectivity index (χ4v) is 2.87. The summed E-state index contributed by atoms with van der Waals surface area (Å²) in [7, 11) is 0.